The van der Waals surface area contributed by atoms with Crippen LogP contribution in [0.3, 0.4) is 0 Å². The molecule has 64 heavy (non-hydrogen) atoms. The number of hydrogen-bond acceptors (Lipinski definition) is 17. The number of nitrogens with one attached hydrogen (secondary N) is 1. The summed E-state index contributed by atoms with van der Waals surface area (Å²) in [5.41, 5.74) is -4.33. The molecule has 0 spiro atoms. The summed E-state index contributed by atoms with van der Waals surface area (Å²) in [5, 5.41) is 37.8. The van der Waals surface area contributed by atoms with Crippen molar-refractivity contribution in [2.75, 3.05) is 68.1 Å². The van der Waals surface area contributed by atoms with Gasteiger partial charge in [-0.15, -0.1) is 0 Å². The van der Waals surface area contributed by atoms with Gasteiger partial charge in [0.2, 0.25) is 5.91 Å². The number of amides is 1. The quantitative estimate of drug-likeness (QED) is 0.206. The Morgan fingerprint density at radius 3 is 2.09 bits per heavy atom. The van der Waals surface area contributed by atoms with Gasteiger partial charge in [-0.3, -0.25) is 14.4 Å². The van der Waals surface area contributed by atoms with Gasteiger partial charge in [-0.2, -0.15) is 0 Å². The molecule has 0 radical (unpaired) electrons. The van der Waals surface area contributed by atoms with Crippen LogP contribution in [0.5, 0.6) is 0 Å². The minimum Gasteiger partial charge on any atom is -0.459 e. The normalized spacial score (nSPS) is 44.1. The maximum Gasteiger partial charge on any atom is 0.311 e. The molecule has 4 fully saturated rings. The van der Waals surface area contributed by atoms with Crippen LogP contribution in [-0.2, 0) is 52.3 Å². The summed E-state index contributed by atoms with van der Waals surface area (Å²) < 4.78 is 51.3. The van der Waals surface area contributed by atoms with Crippen molar-refractivity contribution in [3.05, 3.63) is 0 Å². The SMILES string of the molecule is CC[C@H]1OC(=O)[C@H](C)[C@@H](O[C@H]2C[C@@](C)(OC)[C@@H](OC(=O)CCN3CCN(C)CC3)[C@H](C)O2)[C@H](C)[C@@H](O[C@@H]2O[C@H](C)C[C@H](N(C)C)[C@H]2O)[C@](C)(OC)C[C@@H](C)C(=O)N[C@H](C)[C@@H](O)[C@]1(C)O. The largest absolute Gasteiger partial charge is 0.459 e. The van der Waals surface area contributed by atoms with Crippen molar-refractivity contribution < 1.29 is 67.6 Å². The van der Waals surface area contributed by atoms with E-state index in [0.717, 1.165) is 26.2 Å². The molecule has 0 aromatic carbocycles. The Morgan fingerprint density at radius 1 is 0.906 bits per heavy atom. The van der Waals surface area contributed by atoms with Crippen molar-refractivity contribution in [1.29, 1.82) is 0 Å². The monoisotopic (exact) mass is 917 g/mol. The Hall–Kier alpha value is -2.07. The van der Waals surface area contributed by atoms with Crippen molar-refractivity contribution in [3.8, 4) is 0 Å². The smallest absolute Gasteiger partial charge is 0.311 e. The number of hydrogen-bond donors (Lipinski definition) is 4. The Labute approximate surface area is 382 Å². The molecular weight excluding hydrogens is 833 g/mol. The summed E-state index contributed by atoms with van der Waals surface area (Å²) in [7, 11) is 8.90. The fraction of sp³-hybridized carbons (Fsp3) is 0.935. The molecule has 4 aliphatic heterocycles. The number of ether oxygens (including phenoxy) is 8. The van der Waals surface area contributed by atoms with E-state index in [1.807, 2.05) is 39.8 Å². The van der Waals surface area contributed by atoms with Gasteiger partial charge in [0.25, 0.3) is 0 Å². The van der Waals surface area contributed by atoms with Crippen molar-refractivity contribution >= 4 is 17.8 Å². The van der Waals surface area contributed by atoms with Gasteiger partial charge in [-0.25, -0.2) is 0 Å². The lowest BCUT2D eigenvalue weighted by molar-refractivity contribution is -0.320. The van der Waals surface area contributed by atoms with Crippen molar-refractivity contribution in [2.24, 2.45) is 17.8 Å². The molecule has 0 aromatic heterocycles. The van der Waals surface area contributed by atoms with E-state index >= 15 is 0 Å². The summed E-state index contributed by atoms with van der Waals surface area (Å²) in [6, 6.07) is -1.25. The van der Waals surface area contributed by atoms with Crippen LogP contribution >= 0.6 is 0 Å². The number of rotatable bonds is 12. The van der Waals surface area contributed by atoms with Crippen LogP contribution in [0.2, 0.25) is 0 Å². The van der Waals surface area contributed by atoms with Gasteiger partial charge in [0.05, 0.1) is 48.4 Å². The van der Waals surface area contributed by atoms with E-state index < -0.39 is 108 Å². The van der Waals surface area contributed by atoms with Crippen molar-refractivity contribution in [3.63, 3.8) is 0 Å². The van der Waals surface area contributed by atoms with Gasteiger partial charge in [0.15, 0.2) is 18.7 Å². The number of nitrogens with zero attached hydrogens (tertiary/aromatic N) is 3. The second kappa shape index (κ2) is 22.8. The van der Waals surface area contributed by atoms with E-state index in [2.05, 4.69) is 22.2 Å². The Morgan fingerprint density at radius 2 is 1.52 bits per heavy atom. The Bertz CT molecular complexity index is 1520. The zero-order valence-corrected chi connectivity index (χ0v) is 41.4. The average Bonchev–Trinajstić information content (AvgIpc) is 3.24. The standard InChI is InChI=1S/C46H84N4O14/c1-16-33-46(10,56)38(53)30(6)47-41(54)26(2)24-44(8,57-14)39(64-43-36(52)32(48(11)12)23-27(3)59-43)28(4)37(29(5)42(55)61-33)63-35-25-45(9,58-15)40(31(7)60-35)62-34(51)17-18-50-21-19-49(13)20-22-50/h26-33,35-40,43,52-53,56H,16-25H2,1-15H3,(H,47,54)/t26-,27-,28+,29-,30-,31+,32+,33-,35+,36-,37+,38-,39-,40+,43+,44-,45-,46-/m1/s1. The maximum atomic E-state index is 14.5. The maximum absolute atomic E-state index is 14.5. The molecule has 1 amide bonds. The van der Waals surface area contributed by atoms with Crippen LogP contribution < -0.4 is 5.32 Å². The molecule has 4 aliphatic rings. The first-order valence-corrected chi connectivity index (χ1v) is 23.4. The molecule has 18 heteroatoms. The van der Waals surface area contributed by atoms with Gasteiger partial charge >= 0.3 is 11.9 Å². The molecular formula is C46H84N4O14. The summed E-state index contributed by atoms with van der Waals surface area (Å²) >= 11 is 0. The van der Waals surface area contributed by atoms with Crippen LogP contribution in [-0.4, -0.2) is 206 Å². The molecule has 4 N–H and O–H groups in total. The molecule has 4 rings (SSSR count). The molecule has 372 valence electrons. The van der Waals surface area contributed by atoms with Crippen LogP contribution in [0.15, 0.2) is 0 Å². The first-order chi connectivity index (χ1) is 29.8. The zero-order chi connectivity index (χ0) is 48.1. The molecule has 0 bridgehead atoms. The topological polar surface area (TPSA) is 207 Å². The molecule has 0 aliphatic carbocycles. The van der Waals surface area contributed by atoms with E-state index in [1.165, 1.54) is 14.0 Å². The number of carbonyl (C=O) groups is 3. The third kappa shape index (κ3) is 12.9. The van der Waals surface area contributed by atoms with Crippen LogP contribution in [0.1, 0.15) is 101 Å². The third-order valence-corrected chi connectivity index (χ3v) is 14.6. The fourth-order valence-electron chi connectivity index (χ4n) is 10.1. The molecule has 0 unspecified atom stereocenters. The summed E-state index contributed by atoms with van der Waals surface area (Å²) in [4.78, 5) is 48.2. The lowest BCUT2D eigenvalue weighted by atomic mass is 9.77. The van der Waals surface area contributed by atoms with Gasteiger partial charge in [-0.1, -0.05) is 20.8 Å². The molecule has 18 atom stereocenters. The number of likely N-dealkylation sites (N-methyl/N-ethyl adjacent to an activating group) is 2. The number of aliphatic hydroxyl groups is 3. The average molecular weight is 917 g/mol. The highest BCUT2D eigenvalue weighted by Crippen LogP contribution is 2.41. The summed E-state index contributed by atoms with van der Waals surface area (Å²) in [6.07, 6.45) is -8.72. The minimum absolute atomic E-state index is 0.0860. The van der Waals surface area contributed by atoms with E-state index in [0.29, 0.717) is 13.0 Å². The second-order valence-electron chi connectivity index (χ2n) is 20.1. The van der Waals surface area contributed by atoms with E-state index in [1.54, 1.807) is 48.7 Å². The molecule has 0 saturated carbocycles. The number of cyclic esters (lactones) is 1. The van der Waals surface area contributed by atoms with Gasteiger partial charge in [0.1, 0.15) is 29.5 Å². The fourth-order valence-corrected chi connectivity index (χ4v) is 10.1. The summed E-state index contributed by atoms with van der Waals surface area (Å²) in [6.45, 7) is 21.4. The number of carbonyl (C=O) groups excluding carboxylic acids is 3. The zero-order valence-electron chi connectivity index (χ0n) is 41.4. The van der Waals surface area contributed by atoms with E-state index in [4.69, 9.17) is 37.9 Å². The number of esters is 2. The Balaban J connectivity index is 1.75. The minimum atomic E-state index is -1.97. The molecule has 0 aromatic rings. The first kappa shape index (κ1) is 54.5. The molecule has 4 saturated heterocycles. The summed E-state index contributed by atoms with van der Waals surface area (Å²) in [5.74, 6) is -4.06. The van der Waals surface area contributed by atoms with E-state index in [9.17, 15) is 29.7 Å². The highest BCUT2D eigenvalue weighted by Gasteiger charge is 2.54. The second-order valence-corrected chi connectivity index (χ2v) is 20.1. The van der Waals surface area contributed by atoms with Gasteiger partial charge in [0, 0.05) is 71.2 Å². The highest BCUT2D eigenvalue weighted by atomic mass is 16.7. The Kier molecular flexibility index (Phi) is 19.4. The van der Waals surface area contributed by atoms with Gasteiger partial charge < -0.3 is 73.2 Å². The van der Waals surface area contributed by atoms with Crippen LogP contribution in [0, 0.1) is 17.8 Å². The van der Waals surface area contributed by atoms with Crippen LogP contribution in [0.25, 0.3) is 0 Å². The predicted molar refractivity (Wildman–Crippen MR) is 237 cm³/mol. The lowest BCUT2D eigenvalue weighted by Crippen LogP contribution is -2.61. The third-order valence-electron chi connectivity index (χ3n) is 14.6. The number of aliphatic hydroxyl groups excluding tert-OH is 2. The molecule has 18 nitrogen and oxygen atoms in total. The first-order valence-electron chi connectivity index (χ1n) is 23.4. The lowest BCUT2D eigenvalue weighted by Gasteiger charge is -2.49. The van der Waals surface area contributed by atoms with Crippen molar-refractivity contribution in [2.45, 2.75) is 192 Å². The predicted octanol–water partition coefficient (Wildman–Crippen LogP) is 1.93. The van der Waals surface area contributed by atoms with Crippen molar-refractivity contribution in [1.82, 2.24) is 20.0 Å². The molecule has 4 heterocycles. The highest BCUT2D eigenvalue weighted by molar-refractivity contribution is 5.78. The van der Waals surface area contributed by atoms with Gasteiger partial charge in [-0.05, 0) is 88.9 Å². The number of piperazine rings is 1. The van der Waals surface area contributed by atoms with Crippen LogP contribution in [0.4, 0.5) is 0 Å². The number of methoxy groups -OCH3 is 2. The van der Waals surface area contributed by atoms with E-state index in [-0.39, 0.29) is 43.8 Å².